The first-order valence-corrected chi connectivity index (χ1v) is 19.8. The van der Waals surface area contributed by atoms with Crippen LogP contribution in [0, 0.1) is 5.82 Å². The van der Waals surface area contributed by atoms with Crippen molar-refractivity contribution in [2.45, 2.75) is 50.3 Å². The van der Waals surface area contributed by atoms with Crippen LogP contribution in [0.1, 0.15) is 24.2 Å². The van der Waals surface area contributed by atoms with Gasteiger partial charge in [-0.05, 0) is 66.2 Å². The fraction of sp³-hybridized carbons (Fsp3) is 0.273. The number of nitrogens with zero attached hydrogens (tertiary/aromatic N) is 3. The number of benzene rings is 3. The van der Waals surface area contributed by atoms with Gasteiger partial charge in [-0.15, -0.1) is 0 Å². The minimum Gasteiger partial charge on any atom is -0.457 e. The van der Waals surface area contributed by atoms with Gasteiger partial charge in [-0.2, -0.15) is 0 Å². The van der Waals surface area contributed by atoms with Gasteiger partial charge in [0.1, 0.15) is 35.8 Å². The maximum atomic E-state index is 13.7. The highest BCUT2D eigenvalue weighted by Gasteiger charge is 2.23. The predicted molar refractivity (Wildman–Crippen MR) is 172 cm³/mol. The molecule has 44 heavy (non-hydrogen) atoms. The third-order valence-electron chi connectivity index (χ3n) is 7.26. The van der Waals surface area contributed by atoms with Gasteiger partial charge in [0.2, 0.25) is 0 Å². The third-order valence-corrected chi connectivity index (χ3v) is 10.7. The third kappa shape index (κ3) is 7.24. The van der Waals surface area contributed by atoms with Gasteiger partial charge in [0.25, 0.3) is 0 Å². The lowest BCUT2D eigenvalue weighted by atomic mass is 10.00. The molecule has 0 bridgehead atoms. The highest BCUT2D eigenvalue weighted by atomic mass is 32.2. The number of hydrogen-bond donors (Lipinski definition) is 1. The van der Waals surface area contributed by atoms with Gasteiger partial charge < -0.3 is 14.6 Å². The molecule has 0 amide bonds. The van der Waals surface area contributed by atoms with Gasteiger partial charge >= 0.3 is 0 Å². The first-order chi connectivity index (χ1) is 20.9. The normalized spacial score (nSPS) is 12.9. The fourth-order valence-corrected chi connectivity index (χ4v) is 6.30. The Balaban J connectivity index is 1.62. The largest absolute Gasteiger partial charge is 0.457 e. The molecule has 1 unspecified atom stereocenters. The molecule has 1 atom stereocenters. The molecule has 0 aliphatic carbocycles. The molecule has 0 aliphatic heterocycles. The van der Waals surface area contributed by atoms with Gasteiger partial charge in [-0.1, -0.05) is 44.8 Å². The average molecular weight is 634 g/mol. The van der Waals surface area contributed by atoms with Crippen molar-refractivity contribution in [3.8, 4) is 23.0 Å². The van der Waals surface area contributed by atoms with E-state index in [0.29, 0.717) is 51.8 Å². The van der Waals surface area contributed by atoms with Crippen LogP contribution in [0.3, 0.4) is 0 Å². The van der Waals surface area contributed by atoms with Crippen LogP contribution in [-0.4, -0.2) is 48.5 Å². The summed E-state index contributed by atoms with van der Waals surface area (Å²) < 4.78 is 52.7. The Bertz CT molecular complexity index is 1840. The van der Waals surface area contributed by atoms with E-state index in [1.54, 1.807) is 37.4 Å². The quantitative estimate of drug-likeness (QED) is 0.114. The number of rotatable bonds is 12. The van der Waals surface area contributed by atoms with Crippen molar-refractivity contribution in [1.82, 2.24) is 14.5 Å². The first kappa shape index (κ1) is 31.5. The highest BCUT2D eigenvalue weighted by Crippen LogP contribution is 2.38. The van der Waals surface area contributed by atoms with Gasteiger partial charge in [-0.25, -0.2) is 17.8 Å². The molecule has 0 radical (unpaired) electrons. The van der Waals surface area contributed by atoms with E-state index in [0.717, 1.165) is 6.04 Å². The van der Waals surface area contributed by atoms with E-state index in [4.69, 9.17) is 14.5 Å². The summed E-state index contributed by atoms with van der Waals surface area (Å²) in [6.45, 7) is 9.31. The molecular formula is C33H36FN3O5SSi. The van der Waals surface area contributed by atoms with E-state index >= 15 is 0 Å². The summed E-state index contributed by atoms with van der Waals surface area (Å²) in [6, 6.07) is 21.9. The zero-order chi connectivity index (χ0) is 31.5. The number of halogens is 1. The van der Waals surface area contributed by atoms with Gasteiger partial charge in [0.05, 0.1) is 21.7 Å². The summed E-state index contributed by atoms with van der Waals surface area (Å²) in [7, 11) is -4.69. The second-order valence-corrected chi connectivity index (χ2v) is 19.6. The van der Waals surface area contributed by atoms with Crippen molar-refractivity contribution in [2.75, 3.05) is 12.4 Å². The summed E-state index contributed by atoms with van der Waals surface area (Å²) in [4.78, 5) is 9.60. The zero-order valence-electron chi connectivity index (χ0n) is 25.2. The number of imidazole rings is 1. The Morgan fingerprint density at radius 3 is 2.36 bits per heavy atom. The first-order valence-electron chi connectivity index (χ1n) is 14.4. The molecular weight excluding hydrogens is 598 g/mol. The molecule has 0 aliphatic rings. The molecule has 11 heteroatoms. The van der Waals surface area contributed by atoms with E-state index < -0.39 is 29.8 Å². The summed E-state index contributed by atoms with van der Waals surface area (Å²) in [5.41, 5.74) is 2.85. The lowest BCUT2D eigenvalue weighted by Crippen LogP contribution is -2.22. The van der Waals surface area contributed by atoms with Crippen molar-refractivity contribution in [2.24, 2.45) is 0 Å². The molecule has 3 aromatic carbocycles. The number of fused-ring (bicyclic) bond motifs is 1. The summed E-state index contributed by atoms with van der Waals surface area (Å²) in [6.07, 6.45) is 0.537. The minimum atomic E-state index is -3.38. The number of aliphatic hydroxyl groups is 1. The van der Waals surface area contributed by atoms with Crippen LogP contribution in [0.4, 0.5) is 4.39 Å². The molecule has 0 saturated carbocycles. The van der Waals surface area contributed by atoms with Crippen molar-refractivity contribution in [1.29, 1.82) is 0 Å². The molecule has 0 fully saturated rings. The van der Waals surface area contributed by atoms with Crippen LogP contribution in [0.5, 0.6) is 11.5 Å². The molecule has 5 aromatic rings. The van der Waals surface area contributed by atoms with Crippen LogP contribution in [0.15, 0.2) is 90.0 Å². The van der Waals surface area contributed by atoms with Gasteiger partial charge in [0.15, 0.2) is 15.7 Å². The Kier molecular flexibility index (Phi) is 9.30. The second-order valence-electron chi connectivity index (χ2n) is 11.7. The number of sulfone groups is 1. The van der Waals surface area contributed by atoms with E-state index in [2.05, 4.69) is 24.6 Å². The SMILES string of the molecule is CCS(=O)(=O)c1ccc(Oc2cc3nc(-c4ccccn4)n(COCC[Si](C)(C)C)c3cc2C(O)c2ccc(F)cc2)cc1. The number of pyridine rings is 1. The van der Waals surface area contributed by atoms with Gasteiger partial charge in [-0.3, -0.25) is 9.55 Å². The van der Waals surface area contributed by atoms with Crippen molar-refractivity contribution >= 4 is 28.9 Å². The van der Waals surface area contributed by atoms with Crippen molar-refractivity contribution in [3.63, 3.8) is 0 Å². The molecule has 8 nitrogen and oxygen atoms in total. The maximum absolute atomic E-state index is 13.7. The molecule has 2 heterocycles. The average Bonchev–Trinajstić information content (AvgIpc) is 3.36. The fourth-order valence-electron chi connectivity index (χ4n) is 4.66. The molecule has 0 saturated heterocycles. The van der Waals surface area contributed by atoms with E-state index in [1.807, 2.05) is 22.8 Å². The minimum absolute atomic E-state index is 0.0129. The summed E-state index contributed by atoms with van der Waals surface area (Å²) in [5.74, 6) is 0.870. The van der Waals surface area contributed by atoms with Crippen LogP contribution >= 0.6 is 0 Å². The second kappa shape index (κ2) is 13.0. The monoisotopic (exact) mass is 633 g/mol. The lowest BCUT2D eigenvalue weighted by Gasteiger charge is -2.18. The van der Waals surface area contributed by atoms with Crippen molar-refractivity contribution in [3.05, 3.63) is 102 Å². The van der Waals surface area contributed by atoms with Crippen LogP contribution in [0.25, 0.3) is 22.6 Å². The molecule has 230 valence electrons. The number of aliphatic hydroxyl groups excluding tert-OH is 1. The summed E-state index contributed by atoms with van der Waals surface area (Å²) in [5, 5.41) is 11.6. The number of ether oxygens (including phenoxy) is 2. The Hall–Kier alpha value is -3.90. The Morgan fingerprint density at radius 2 is 1.73 bits per heavy atom. The highest BCUT2D eigenvalue weighted by molar-refractivity contribution is 7.91. The Morgan fingerprint density at radius 1 is 1.00 bits per heavy atom. The molecule has 2 aromatic heterocycles. The topological polar surface area (TPSA) is 104 Å². The molecule has 5 rings (SSSR count). The van der Waals surface area contributed by atoms with Gasteiger partial charge in [0, 0.05) is 32.5 Å². The molecule has 0 spiro atoms. The summed E-state index contributed by atoms with van der Waals surface area (Å²) >= 11 is 0. The maximum Gasteiger partial charge on any atom is 0.178 e. The van der Waals surface area contributed by atoms with Crippen molar-refractivity contribution < 1.29 is 27.4 Å². The predicted octanol–water partition coefficient (Wildman–Crippen LogP) is 7.22. The van der Waals surface area contributed by atoms with E-state index in [-0.39, 0.29) is 17.4 Å². The Labute approximate surface area is 258 Å². The van der Waals surface area contributed by atoms with Crippen LogP contribution < -0.4 is 4.74 Å². The lowest BCUT2D eigenvalue weighted by molar-refractivity contribution is 0.0908. The molecule has 1 N–H and O–H groups in total. The van der Waals surface area contributed by atoms with E-state index in [9.17, 15) is 17.9 Å². The van der Waals surface area contributed by atoms with E-state index in [1.165, 1.54) is 36.4 Å². The van der Waals surface area contributed by atoms with Crippen LogP contribution in [-0.2, 0) is 21.3 Å². The number of hydrogen-bond acceptors (Lipinski definition) is 7. The zero-order valence-corrected chi connectivity index (χ0v) is 27.0. The standard InChI is InChI=1S/C33H36FN3O5SSi/c1-5-43(39,40)26-15-13-25(14-16-26)42-31-21-29-30(20-27(31)32(38)23-9-11-24(34)12-10-23)37(22-41-18-19-44(2,3)4)33(36-29)28-8-6-7-17-35-28/h6-17,20-21,32,38H,5,18-19,22H2,1-4H3. The van der Waals surface area contributed by atoms with Crippen LogP contribution in [0.2, 0.25) is 25.7 Å². The number of aromatic nitrogens is 3. The smallest absolute Gasteiger partial charge is 0.178 e.